The fourth-order valence-corrected chi connectivity index (χ4v) is 7.25. The lowest BCUT2D eigenvalue weighted by atomic mass is 9.48. The second-order valence-corrected chi connectivity index (χ2v) is 10.4. The van der Waals surface area contributed by atoms with E-state index in [1.165, 1.54) is 18.4 Å². The van der Waals surface area contributed by atoms with Crippen LogP contribution >= 0.6 is 0 Å². The van der Waals surface area contributed by atoms with E-state index in [2.05, 4.69) is 20.0 Å². The van der Waals surface area contributed by atoms with Gasteiger partial charge in [0.05, 0.1) is 32.2 Å². The van der Waals surface area contributed by atoms with E-state index >= 15 is 0 Å². The number of piperidine rings is 1. The number of likely N-dealkylation sites (N-methyl/N-ethyl adjacent to an activating group) is 1. The van der Waals surface area contributed by atoms with Crippen molar-refractivity contribution in [3.63, 3.8) is 0 Å². The van der Waals surface area contributed by atoms with Gasteiger partial charge in [-0.2, -0.15) is 0 Å². The monoisotopic (exact) mass is 398 g/mol. The van der Waals surface area contributed by atoms with Crippen LogP contribution in [0.15, 0.2) is 12.1 Å². The number of likely N-dealkylation sites (tertiary alicyclic amines) is 1. The summed E-state index contributed by atoms with van der Waals surface area (Å²) in [5.41, 5.74) is 0.883. The van der Waals surface area contributed by atoms with Gasteiger partial charge >= 0.3 is 0 Å². The minimum Gasteiger partial charge on any atom is -0.490 e. The van der Waals surface area contributed by atoms with Crippen molar-refractivity contribution in [1.82, 2.24) is 0 Å². The Balaban J connectivity index is 1.54. The molecular formula is C24H32NO4+. The number of Topliss-reactive ketones (excluding diaryl/α,β-unsaturated/α-hetero) is 1. The van der Waals surface area contributed by atoms with Crippen LogP contribution in [0.4, 0.5) is 0 Å². The van der Waals surface area contributed by atoms with Crippen molar-refractivity contribution in [2.75, 3.05) is 26.7 Å². The van der Waals surface area contributed by atoms with Gasteiger partial charge < -0.3 is 19.1 Å². The summed E-state index contributed by atoms with van der Waals surface area (Å²) in [5.74, 6) is 2.44. The van der Waals surface area contributed by atoms with Crippen molar-refractivity contribution >= 4 is 5.78 Å². The van der Waals surface area contributed by atoms with Gasteiger partial charge in [-0.15, -0.1) is 0 Å². The van der Waals surface area contributed by atoms with Crippen molar-refractivity contribution < 1.29 is 23.9 Å². The number of benzene rings is 1. The topological polar surface area (TPSA) is 55.8 Å². The van der Waals surface area contributed by atoms with Gasteiger partial charge in [0.1, 0.15) is 11.6 Å². The average Bonchev–Trinajstić information content (AvgIpc) is 3.42. The molecule has 5 heteroatoms. The molecule has 5 atom stereocenters. The Kier molecular flexibility index (Phi) is 3.62. The molecule has 1 N–H and O–H groups in total. The lowest BCUT2D eigenvalue weighted by molar-refractivity contribution is -0.950. The zero-order valence-electron chi connectivity index (χ0n) is 17.6. The Morgan fingerprint density at radius 2 is 2.14 bits per heavy atom. The molecule has 3 fully saturated rings. The molecule has 1 aromatic carbocycles. The van der Waals surface area contributed by atoms with Crippen LogP contribution in [-0.2, 0) is 16.6 Å². The van der Waals surface area contributed by atoms with Crippen LogP contribution in [0.25, 0.3) is 0 Å². The summed E-state index contributed by atoms with van der Waals surface area (Å²) in [6.45, 7) is 4.88. The number of quaternary nitrogens is 1. The van der Waals surface area contributed by atoms with E-state index in [0.717, 1.165) is 59.8 Å². The summed E-state index contributed by atoms with van der Waals surface area (Å²) >= 11 is 0. The molecule has 5 aliphatic rings. The van der Waals surface area contributed by atoms with E-state index in [1.54, 1.807) is 0 Å². The molecule has 5 nitrogen and oxygen atoms in total. The number of carbonyl (C=O) groups excluding carboxylic acids is 1. The Bertz CT molecular complexity index is 895. The highest BCUT2D eigenvalue weighted by molar-refractivity contribution is 5.90. The van der Waals surface area contributed by atoms with Crippen LogP contribution in [0.2, 0.25) is 0 Å². The molecule has 2 heterocycles. The average molecular weight is 399 g/mol. The first-order valence-electron chi connectivity index (χ1n) is 11.5. The van der Waals surface area contributed by atoms with E-state index in [1.807, 2.05) is 6.07 Å². The van der Waals surface area contributed by atoms with Gasteiger partial charge in [-0.3, -0.25) is 4.79 Å². The molecule has 2 aliphatic heterocycles. The first-order chi connectivity index (χ1) is 13.9. The molecule has 29 heavy (non-hydrogen) atoms. The normalized spacial score (nSPS) is 41.7. The van der Waals surface area contributed by atoms with Gasteiger partial charge in [-0.1, -0.05) is 13.0 Å². The maximum absolute atomic E-state index is 13.1. The van der Waals surface area contributed by atoms with E-state index in [9.17, 15) is 9.90 Å². The van der Waals surface area contributed by atoms with Gasteiger partial charge in [-0.25, -0.2) is 0 Å². The molecule has 2 saturated carbocycles. The smallest absolute Gasteiger partial charge is 0.174 e. The Morgan fingerprint density at radius 1 is 1.31 bits per heavy atom. The van der Waals surface area contributed by atoms with Crippen LogP contribution in [0.3, 0.4) is 0 Å². The fraction of sp³-hybridized carbons (Fsp3) is 0.708. The number of hydrogen-bond donors (Lipinski definition) is 1. The van der Waals surface area contributed by atoms with E-state index in [0.29, 0.717) is 19.4 Å². The zero-order valence-corrected chi connectivity index (χ0v) is 17.6. The number of ether oxygens (including phenoxy) is 2. The van der Waals surface area contributed by atoms with E-state index in [4.69, 9.17) is 9.47 Å². The van der Waals surface area contributed by atoms with Gasteiger partial charge in [0.2, 0.25) is 0 Å². The van der Waals surface area contributed by atoms with Crippen LogP contribution < -0.4 is 9.47 Å². The summed E-state index contributed by atoms with van der Waals surface area (Å²) in [6.07, 6.45) is 5.68. The van der Waals surface area contributed by atoms with Crippen molar-refractivity contribution in [2.45, 2.75) is 75.0 Å². The van der Waals surface area contributed by atoms with Gasteiger partial charge in [0.25, 0.3) is 0 Å². The largest absolute Gasteiger partial charge is 0.490 e. The van der Waals surface area contributed by atoms with Crippen LogP contribution in [0, 0.1) is 5.92 Å². The quantitative estimate of drug-likeness (QED) is 0.775. The highest BCUT2D eigenvalue weighted by Gasteiger charge is 2.76. The second-order valence-electron chi connectivity index (χ2n) is 10.4. The van der Waals surface area contributed by atoms with Gasteiger partial charge in [0, 0.05) is 30.7 Å². The molecule has 2 unspecified atom stereocenters. The van der Waals surface area contributed by atoms with E-state index in [-0.39, 0.29) is 11.8 Å². The molecule has 156 valence electrons. The van der Waals surface area contributed by atoms with E-state index < -0.39 is 17.1 Å². The molecule has 0 amide bonds. The third kappa shape index (κ3) is 2.16. The maximum atomic E-state index is 13.1. The van der Waals surface area contributed by atoms with Crippen LogP contribution in [0.5, 0.6) is 11.5 Å². The standard InChI is InChI=1S/C24H32NO4/c1-3-12-28-18-7-6-16-13-19-24(27)9-8-17(26)22-23(24,20(16)21(18)29-22)10-11-25(19,2)14-15-4-5-15/h6-7,15,19,22,27H,3-5,8-14H2,1-2H3/q+1/t19-,22+,23+,24?,25?/m1/s1. The van der Waals surface area contributed by atoms with Crippen molar-refractivity contribution in [3.05, 3.63) is 23.3 Å². The molecule has 2 bridgehead atoms. The highest BCUT2D eigenvalue weighted by Crippen LogP contribution is 2.66. The van der Waals surface area contributed by atoms with Crippen molar-refractivity contribution in [2.24, 2.45) is 5.92 Å². The lowest BCUT2D eigenvalue weighted by Crippen LogP contribution is -2.80. The van der Waals surface area contributed by atoms with Crippen LogP contribution in [0.1, 0.15) is 56.6 Å². The highest BCUT2D eigenvalue weighted by atomic mass is 16.5. The number of ketones is 1. The number of carbonyl (C=O) groups is 1. The molecule has 0 aromatic heterocycles. The minimum atomic E-state index is -0.880. The van der Waals surface area contributed by atoms with Crippen molar-refractivity contribution in [3.8, 4) is 11.5 Å². The van der Waals surface area contributed by atoms with Crippen LogP contribution in [-0.4, -0.2) is 59.9 Å². The molecule has 3 aliphatic carbocycles. The van der Waals surface area contributed by atoms with Gasteiger partial charge in [0.15, 0.2) is 23.4 Å². The predicted octanol–water partition coefficient (Wildman–Crippen LogP) is 2.75. The third-order valence-electron chi connectivity index (χ3n) is 8.72. The number of hydrogen-bond acceptors (Lipinski definition) is 4. The number of nitrogens with zero attached hydrogens (tertiary/aromatic N) is 1. The summed E-state index contributed by atoms with van der Waals surface area (Å²) in [4.78, 5) is 13.1. The predicted molar refractivity (Wildman–Crippen MR) is 108 cm³/mol. The Hall–Kier alpha value is -1.59. The summed E-state index contributed by atoms with van der Waals surface area (Å²) in [7, 11) is 2.35. The molecule has 1 aromatic rings. The zero-order chi connectivity index (χ0) is 20.0. The number of aliphatic hydroxyl groups is 1. The van der Waals surface area contributed by atoms with Crippen molar-refractivity contribution in [1.29, 1.82) is 0 Å². The lowest BCUT2D eigenvalue weighted by Gasteiger charge is -2.64. The maximum Gasteiger partial charge on any atom is 0.174 e. The molecule has 1 saturated heterocycles. The van der Waals surface area contributed by atoms with Gasteiger partial charge in [-0.05, 0) is 37.3 Å². The Morgan fingerprint density at radius 3 is 2.90 bits per heavy atom. The summed E-state index contributed by atoms with van der Waals surface area (Å²) in [5, 5.41) is 12.4. The number of rotatable bonds is 5. The molecule has 6 rings (SSSR count). The third-order valence-corrected chi connectivity index (χ3v) is 8.72. The Labute approximate surface area is 172 Å². The first kappa shape index (κ1) is 18.2. The molecule has 1 spiro atoms. The first-order valence-corrected chi connectivity index (χ1v) is 11.5. The molecular weight excluding hydrogens is 366 g/mol. The summed E-state index contributed by atoms with van der Waals surface area (Å²) in [6, 6.07) is 4.33. The SMILES string of the molecule is CCCOc1ccc2c3c1O[C@H]1C(=O)CCC4(O)[C@@H](C2)[N+](C)(CC2CC2)CC[C@]314. The minimum absolute atomic E-state index is 0.136. The fourth-order valence-electron chi connectivity index (χ4n) is 7.25. The summed E-state index contributed by atoms with van der Waals surface area (Å²) < 4.78 is 13.3. The second kappa shape index (κ2) is 5.76. The molecule has 0 radical (unpaired) electrons.